The Morgan fingerprint density at radius 3 is 2.41 bits per heavy atom. The highest BCUT2D eigenvalue weighted by Gasteiger charge is 2.47. The molecule has 0 saturated carbocycles. The lowest BCUT2D eigenvalue weighted by molar-refractivity contribution is -0.138. The van der Waals surface area contributed by atoms with E-state index < -0.39 is 15.5 Å². The fourth-order valence-corrected chi connectivity index (χ4v) is 4.38. The second-order valence-electron chi connectivity index (χ2n) is 7.69. The molecule has 1 saturated heterocycles. The molecule has 0 spiro atoms. The average Bonchev–Trinajstić information content (AvgIpc) is 2.99. The molecule has 3 rings (SSSR count). The van der Waals surface area contributed by atoms with Gasteiger partial charge in [-0.05, 0) is 49.4 Å². The van der Waals surface area contributed by atoms with Crippen molar-refractivity contribution in [3.05, 3.63) is 71.5 Å². The Hall–Kier alpha value is -2.25. The van der Waals surface area contributed by atoms with Crippen LogP contribution in [-0.4, -0.2) is 38.6 Å². The molecule has 1 amide bonds. The van der Waals surface area contributed by atoms with Crippen molar-refractivity contribution < 1.29 is 21.8 Å². The SMILES string of the molecule is CC(c1ccccc1)N1CCC(CCOS(C)(=O)=O)(Cc2ccc(F)cc2)C1=O. The minimum absolute atomic E-state index is 0.0183. The van der Waals surface area contributed by atoms with Gasteiger partial charge in [0.2, 0.25) is 5.91 Å². The van der Waals surface area contributed by atoms with E-state index >= 15 is 0 Å². The van der Waals surface area contributed by atoms with Crippen molar-refractivity contribution in [2.24, 2.45) is 5.41 Å². The standard InChI is InChI=1S/C22H26FNO4S/c1-17(19-6-4-3-5-7-19)24-14-12-22(21(24)25,13-15-28-29(2,26)27)16-18-8-10-20(23)11-9-18/h3-11,17H,12-16H2,1-2H3. The summed E-state index contributed by atoms with van der Waals surface area (Å²) in [5, 5.41) is 0. The van der Waals surface area contributed by atoms with Crippen LogP contribution >= 0.6 is 0 Å². The number of likely N-dealkylation sites (tertiary alicyclic amines) is 1. The smallest absolute Gasteiger partial charge is 0.264 e. The summed E-state index contributed by atoms with van der Waals surface area (Å²) >= 11 is 0. The lowest BCUT2D eigenvalue weighted by atomic mass is 9.77. The van der Waals surface area contributed by atoms with Crippen LogP contribution in [0.5, 0.6) is 0 Å². The lowest BCUT2D eigenvalue weighted by Crippen LogP contribution is -2.38. The van der Waals surface area contributed by atoms with Gasteiger partial charge in [0.25, 0.3) is 10.1 Å². The third-order valence-corrected chi connectivity index (χ3v) is 6.22. The molecule has 0 aliphatic carbocycles. The number of carbonyl (C=O) groups excluding carboxylic acids is 1. The zero-order valence-electron chi connectivity index (χ0n) is 16.7. The molecular weight excluding hydrogens is 393 g/mol. The Kier molecular flexibility index (Phi) is 6.39. The van der Waals surface area contributed by atoms with E-state index in [2.05, 4.69) is 0 Å². The van der Waals surface area contributed by atoms with Crippen LogP contribution in [-0.2, 0) is 25.5 Å². The molecule has 29 heavy (non-hydrogen) atoms. The van der Waals surface area contributed by atoms with Gasteiger partial charge in [-0.3, -0.25) is 8.98 Å². The fourth-order valence-electron chi connectivity index (χ4n) is 3.99. The van der Waals surface area contributed by atoms with Crippen molar-refractivity contribution in [2.75, 3.05) is 19.4 Å². The molecule has 1 aliphatic rings. The van der Waals surface area contributed by atoms with Crippen molar-refractivity contribution in [2.45, 2.75) is 32.2 Å². The van der Waals surface area contributed by atoms with Crippen molar-refractivity contribution in [3.63, 3.8) is 0 Å². The van der Waals surface area contributed by atoms with E-state index in [-0.39, 0.29) is 30.8 Å². The van der Waals surface area contributed by atoms with Gasteiger partial charge in [0, 0.05) is 6.54 Å². The van der Waals surface area contributed by atoms with E-state index in [0.29, 0.717) is 19.4 Å². The Bertz CT molecular complexity index is 947. The summed E-state index contributed by atoms with van der Waals surface area (Å²) in [5.41, 5.74) is 1.12. The first-order chi connectivity index (χ1) is 13.7. The van der Waals surface area contributed by atoms with E-state index in [4.69, 9.17) is 4.18 Å². The van der Waals surface area contributed by atoms with E-state index in [1.807, 2.05) is 42.2 Å². The van der Waals surface area contributed by atoms with E-state index in [9.17, 15) is 17.6 Å². The maximum atomic E-state index is 13.5. The highest BCUT2D eigenvalue weighted by atomic mass is 32.2. The minimum atomic E-state index is -3.59. The van der Waals surface area contributed by atoms with Gasteiger partial charge in [-0.2, -0.15) is 8.42 Å². The van der Waals surface area contributed by atoms with Crippen LogP contribution in [0.3, 0.4) is 0 Å². The molecular formula is C22H26FNO4S. The van der Waals surface area contributed by atoms with Gasteiger partial charge in [-0.1, -0.05) is 42.5 Å². The molecule has 2 atom stereocenters. The largest absolute Gasteiger partial charge is 0.335 e. The van der Waals surface area contributed by atoms with E-state index in [1.54, 1.807) is 12.1 Å². The first kappa shape index (κ1) is 21.5. The summed E-state index contributed by atoms with van der Waals surface area (Å²) in [4.78, 5) is 15.4. The average molecular weight is 420 g/mol. The topological polar surface area (TPSA) is 63.7 Å². The highest BCUT2D eigenvalue weighted by molar-refractivity contribution is 7.85. The summed E-state index contributed by atoms with van der Waals surface area (Å²) < 4.78 is 41.0. The van der Waals surface area contributed by atoms with Crippen molar-refractivity contribution in [1.82, 2.24) is 4.90 Å². The highest BCUT2D eigenvalue weighted by Crippen LogP contribution is 2.42. The first-order valence-electron chi connectivity index (χ1n) is 9.65. The zero-order chi connectivity index (χ0) is 21.1. The second-order valence-corrected chi connectivity index (χ2v) is 9.34. The van der Waals surface area contributed by atoms with Crippen molar-refractivity contribution in [3.8, 4) is 0 Å². The lowest BCUT2D eigenvalue weighted by Gasteiger charge is -2.31. The maximum Gasteiger partial charge on any atom is 0.264 e. The monoisotopic (exact) mass is 419 g/mol. The number of nitrogens with zero attached hydrogens (tertiary/aromatic N) is 1. The van der Waals surface area contributed by atoms with Crippen LogP contribution in [0.15, 0.2) is 54.6 Å². The van der Waals surface area contributed by atoms with Gasteiger partial charge in [-0.15, -0.1) is 0 Å². The third kappa shape index (κ3) is 5.22. The van der Waals surface area contributed by atoms with Gasteiger partial charge in [0.15, 0.2) is 0 Å². The summed E-state index contributed by atoms with van der Waals surface area (Å²) in [7, 11) is -3.59. The van der Waals surface area contributed by atoms with Crippen LogP contribution in [0.25, 0.3) is 0 Å². The van der Waals surface area contributed by atoms with Gasteiger partial charge in [0.1, 0.15) is 5.82 Å². The fraction of sp³-hybridized carbons (Fsp3) is 0.409. The van der Waals surface area contributed by atoms with E-state index in [1.165, 1.54) is 12.1 Å². The number of hydrogen-bond donors (Lipinski definition) is 0. The summed E-state index contributed by atoms with van der Waals surface area (Å²) in [6, 6.07) is 15.8. The van der Waals surface area contributed by atoms with Crippen molar-refractivity contribution in [1.29, 1.82) is 0 Å². The normalized spacial score (nSPS) is 20.8. The molecule has 7 heteroatoms. The summed E-state index contributed by atoms with van der Waals surface area (Å²) in [5.74, 6) is -0.351. The molecule has 2 aromatic carbocycles. The van der Waals surface area contributed by atoms with Gasteiger partial charge in [-0.25, -0.2) is 4.39 Å². The van der Waals surface area contributed by atoms with E-state index in [0.717, 1.165) is 17.4 Å². The van der Waals surface area contributed by atoms with Crippen LogP contribution in [0, 0.1) is 11.2 Å². The quantitative estimate of drug-likeness (QED) is 0.612. The van der Waals surface area contributed by atoms with Crippen LogP contribution < -0.4 is 0 Å². The summed E-state index contributed by atoms with van der Waals surface area (Å²) in [6.07, 6.45) is 2.29. The number of carbonyl (C=O) groups is 1. The molecule has 156 valence electrons. The number of benzene rings is 2. The second kappa shape index (κ2) is 8.63. The molecule has 1 heterocycles. The Morgan fingerprint density at radius 2 is 1.79 bits per heavy atom. The summed E-state index contributed by atoms with van der Waals surface area (Å²) in [6.45, 7) is 2.52. The van der Waals surface area contributed by atoms with Gasteiger partial charge in [0.05, 0.1) is 24.3 Å². The van der Waals surface area contributed by atoms with Gasteiger partial charge >= 0.3 is 0 Å². The molecule has 0 aromatic heterocycles. The Labute approximate surface area is 171 Å². The molecule has 2 unspecified atom stereocenters. The zero-order valence-corrected chi connectivity index (χ0v) is 17.5. The van der Waals surface area contributed by atoms with Crippen LogP contribution in [0.2, 0.25) is 0 Å². The van der Waals surface area contributed by atoms with Crippen LogP contribution in [0.4, 0.5) is 4.39 Å². The molecule has 5 nitrogen and oxygen atoms in total. The maximum absolute atomic E-state index is 13.5. The Balaban J connectivity index is 1.84. The Morgan fingerprint density at radius 1 is 1.14 bits per heavy atom. The predicted molar refractivity (Wildman–Crippen MR) is 109 cm³/mol. The number of rotatable bonds is 8. The number of halogens is 1. The molecule has 1 aliphatic heterocycles. The molecule has 0 bridgehead atoms. The molecule has 0 N–H and O–H groups in total. The van der Waals surface area contributed by atoms with Crippen molar-refractivity contribution >= 4 is 16.0 Å². The number of hydrogen-bond acceptors (Lipinski definition) is 4. The number of amides is 1. The molecule has 1 fully saturated rings. The minimum Gasteiger partial charge on any atom is -0.335 e. The molecule has 2 aromatic rings. The first-order valence-corrected chi connectivity index (χ1v) is 11.5. The van der Waals surface area contributed by atoms with Crippen LogP contribution in [0.1, 0.15) is 36.9 Å². The third-order valence-electron chi connectivity index (χ3n) is 5.63. The van der Waals surface area contributed by atoms with Gasteiger partial charge < -0.3 is 4.90 Å². The predicted octanol–water partition coefficient (Wildman–Crippen LogP) is 3.71. The molecule has 0 radical (unpaired) electrons.